The quantitative estimate of drug-likeness (QED) is 0.256. The Morgan fingerprint density at radius 2 is 1.53 bits per heavy atom. The van der Waals surface area contributed by atoms with Crippen LogP contribution in [0.2, 0.25) is 0 Å². The molecule has 1 heterocycles. The van der Waals surface area contributed by atoms with Crippen molar-refractivity contribution in [1.29, 1.82) is 0 Å². The van der Waals surface area contributed by atoms with E-state index >= 15 is 0 Å². The second kappa shape index (κ2) is 15.1. The summed E-state index contributed by atoms with van der Waals surface area (Å²) in [4.78, 5) is 38.9. The van der Waals surface area contributed by atoms with Gasteiger partial charge < -0.3 is 24.8 Å². The molecular weight excluding hydrogens is 484 g/mol. The number of halogens is 1. The average Bonchev–Trinajstić information content (AvgIpc) is 2.82. The Balaban J connectivity index is 0.00000648. The maximum absolute atomic E-state index is 13.3. The van der Waals surface area contributed by atoms with Crippen molar-refractivity contribution in [2.45, 2.75) is 47.0 Å². The number of hydrogen-bond acceptors (Lipinski definition) is 8. The summed E-state index contributed by atoms with van der Waals surface area (Å²) in [5.74, 6) is -2.20. The topological polar surface area (TPSA) is 103 Å². The fraction of sp³-hybridized carbons (Fsp3) is 0.444. The van der Waals surface area contributed by atoms with Gasteiger partial charge in [0, 0.05) is 23.5 Å². The maximum atomic E-state index is 13.3. The van der Waals surface area contributed by atoms with E-state index in [0.717, 1.165) is 0 Å². The van der Waals surface area contributed by atoms with Gasteiger partial charge in [0.1, 0.15) is 0 Å². The number of likely N-dealkylation sites (N-methyl/N-ethyl adjacent to an activating group) is 1. The lowest BCUT2D eigenvalue weighted by atomic mass is 9.78. The molecule has 0 radical (unpaired) electrons. The van der Waals surface area contributed by atoms with Gasteiger partial charge in [0.15, 0.2) is 0 Å². The van der Waals surface area contributed by atoms with Crippen LogP contribution in [0.15, 0.2) is 52.4 Å². The Morgan fingerprint density at radius 3 is 2.08 bits per heavy atom. The predicted molar refractivity (Wildman–Crippen MR) is 141 cm³/mol. The standard InChI is InChI=1S/C27H36N2O6.ClH/c1-7-18(25(30)33-8-2)15-19-13-11-12-14-20(19)23-22(26(31)34-9-3)17(5)29-21(16-28-6)24(23)27(32)35-10-4;/h11-15,23,28-29H,7-10,16H2,1-6H3;1H/b18-15+;. The molecule has 198 valence electrons. The molecule has 1 unspecified atom stereocenters. The Bertz CT molecular complexity index is 1040. The van der Waals surface area contributed by atoms with E-state index in [2.05, 4.69) is 10.6 Å². The van der Waals surface area contributed by atoms with E-state index in [1.54, 1.807) is 40.8 Å². The van der Waals surface area contributed by atoms with Crippen molar-refractivity contribution in [3.63, 3.8) is 0 Å². The summed E-state index contributed by atoms with van der Waals surface area (Å²) in [5, 5.41) is 6.28. The molecule has 1 aromatic carbocycles. The van der Waals surface area contributed by atoms with E-state index in [9.17, 15) is 14.4 Å². The minimum atomic E-state index is -0.759. The number of hydrogen-bond donors (Lipinski definition) is 2. The first-order chi connectivity index (χ1) is 16.8. The molecule has 0 fully saturated rings. The van der Waals surface area contributed by atoms with Crippen LogP contribution in [0.3, 0.4) is 0 Å². The highest BCUT2D eigenvalue weighted by atomic mass is 35.5. The third kappa shape index (κ3) is 7.21. The molecule has 1 atom stereocenters. The number of dihydropyridines is 1. The highest BCUT2D eigenvalue weighted by Crippen LogP contribution is 2.41. The van der Waals surface area contributed by atoms with Gasteiger partial charge in [-0.25, -0.2) is 14.4 Å². The zero-order valence-corrected chi connectivity index (χ0v) is 22.7. The van der Waals surface area contributed by atoms with Crippen LogP contribution in [0.1, 0.15) is 58.1 Å². The molecule has 0 amide bonds. The van der Waals surface area contributed by atoms with Gasteiger partial charge in [-0.3, -0.25) is 0 Å². The Labute approximate surface area is 219 Å². The maximum Gasteiger partial charge on any atom is 0.336 e. The van der Waals surface area contributed by atoms with E-state index in [-0.39, 0.29) is 32.2 Å². The van der Waals surface area contributed by atoms with E-state index in [1.807, 2.05) is 31.2 Å². The van der Waals surface area contributed by atoms with Crippen molar-refractivity contribution in [1.82, 2.24) is 10.6 Å². The predicted octanol–water partition coefficient (Wildman–Crippen LogP) is 4.03. The van der Waals surface area contributed by atoms with Crippen molar-refractivity contribution in [2.75, 3.05) is 33.4 Å². The molecule has 8 nitrogen and oxygen atoms in total. The summed E-state index contributed by atoms with van der Waals surface area (Å²) >= 11 is 0. The summed E-state index contributed by atoms with van der Waals surface area (Å²) in [6.45, 7) is 9.88. The first kappa shape index (κ1) is 30.9. The number of ether oxygens (including phenoxy) is 3. The van der Waals surface area contributed by atoms with Crippen LogP contribution in [0, 0.1) is 0 Å². The van der Waals surface area contributed by atoms with Crippen molar-refractivity contribution in [2.24, 2.45) is 0 Å². The van der Waals surface area contributed by atoms with Gasteiger partial charge in [-0.2, -0.15) is 0 Å². The lowest BCUT2D eigenvalue weighted by Crippen LogP contribution is -2.36. The van der Waals surface area contributed by atoms with Crippen molar-refractivity contribution in [3.8, 4) is 0 Å². The molecule has 1 aliphatic rings. The molecule has 36 heavy (non-hydrogen) atoms. The van der Waals surface area contributed by atoms with Crippen LogP contribution < -0.4 is 10.6 Å². The van der Waals surface area contributed by atoms with E-state index in [4.69, 9.17) is 14.2 Å². The SMILES string of the molecule is CCOC(=O)C1=C(C)NC(CNC)=C(C(=O)OCC)C1c1ccccc1/C=C(\CC)C(=O)OCC.Cl. The second-order valence-corrected chi connectivity index (χ2v) is 7.83. The van der Waals surface area contributed by atoms with Gasteiger partial charge in [0.05, 0.1) is 36.9 Å². The van der Waals surface area contributed by atoms with Crippen LogP contribution in [-0.2, 0) is 28.6 Å². The average molecular weight is 521 g/mol. The van der Waals surface area contributed by atoms with Gasteiger partial charge in [-0.05, 0) is 58.4 Å². The minimum absolute atomic E-state index is 0. The van der Waals surface area contributed by atoms with Gasteiger partial charge in [-0.15, -0.1) is 12.4 Å². The molecule has 9 heteroatoms. The Kier molecular flexibility index (Phi) is 13.0. The molecule has 1 aromatic rings. The van der Waals surface area contributed by atoms with E-state index in [1.165, 1.54) is 0 Å². The highest BCUT2D eigenvalue weighted by Gasteiger charge is 2.39. The molecule has 0 saturated heterocycles. The lowest BCUT2D eigenvalue weighted by molar-refractivity contribution is -0.140. The first-order valence-corrected chi connectivity index (χ1v) is 12.0. The minimum Gasteiger partial charge on any atom is -0.463 e. The van der Waals surface area contributed by atoms with E-state index < -0.39 is 23.8 Å². The Morgan fingerprint density at radius 1 is 0.944 bits per heavy atom. The Hall–Kier alpha value is -3.10. The molecule has 0 aliphatic carbocycles. The largest absolute Gasteiger partial charge is 0.463 e. The number of esters is 3. The number of carbonyl (C=O) groups is 3. The van der Waals surface area contributed by atoms with Crippen LogP contribution >= 0.6 is 12.4 Å². The van der Waals surface area contributed by atoms with Crippen molar-refractivity contribution in [3.05, 3.63) is 63.5 Å². The fourth-order valence-corrected chi connectivity index (χ4v) is 4.08. The van der Waals surface area contributed by atoms with Crippen LogP contribution in [-0.4, -0.2) is 51.3 Å². The zero-order valence-electron chi connectivity index (χ0n) is 21.9. The smallest absolute Gasteiger partial charge is 0.336 e. The van der Waals surface area contributed by atoms with E-state index in [0.29, 0.717) is 52.2 Å². The third-order valence-corrected chi connectivity index (χ3v) is 5.54. The molecule has 2 N–H and O–H groups in total. The van der Waals surface area contributed by atoms with Gasteiger partial charge in [-0.1, -0.05) is 31.2 Å². The summed E-state index contributed by atoms with van der Waals surface area (Å²) in [7, 11) is 1.77. The van der Waals surface area contributed by atoms with Crippen molar-refractivity contribution < 1.29 is 28.6 Å². The fourth-order valence-electron chi connectivity index (χ4n) is 4.08. The summed E-state index contributed by atoms with van der Waals surface area (Å²) in [6.07, 6.45) is 2.22. The number of benzene rings is 1. The van der Waals surface area contributed by atoms with Crippen LogP contribution in [0.5, 0.6) is 0 Å². The normalized spacial score (nSPS) is 15.6. The van der Waals surface area contributed by atoms with Gasteiger partial charge >= 0.3 is 17.9 Å². The lowest BCUT2D eigenvalue weighted by Gasteiger charge is -2.32. The number of rotatable bonds is 11. The van der Waals surface area contributed by atoms with Gasteiger partial charge in [0.25, 0.3) is 0 Å². The molecule has 0 saturated carbocycles. The third-order valence-electron chi connectivity index (χ3n) is 5.54. The number of allylic oxidation sites excluding steroid dienone is 1. The number of nitrogens with one attached hydrogen (secondary N) is 2. The monoisotopic (exact) mass is 520 g/mol. The molecule has 0 aromatic heterocycles. The summed E-state index contributed by atoms with van der Waals surface area (Å²) < 4.78 is 16.0. The van der Waals surface area contributed by atoms with Crippen LogP contribution in [0.4, 0.5) is 0 Å². The molecular formula is C27H37ClN2O6. The molecule has 0 spiro atoms. The second-order valence-electron chi connectivity index (χ2n) is 7.83. The van der Waals surface area contributed by atoms with Crippen molar-refractivity contribution >= 4 is 36.4 Å². The number of carbonyl (C=O) groups excluding carboxylic acids is 3. The summed E-state index contributed by atoms with van der Waals surface area (Å²) in [6, 6.07) is 7.38. The molecule has 0 bridgehead atoms. The molecule has 2 rings (SSSR count). The van der Waals surface area contributed by atoms with Crippen LogP contribution in [0.25, 0.3) is 6.08 Å². The molecule has 1 aliphatic heterocycles. The van der Waals surface area contributed by atoms with Gasteiger partial charge in [0.2, 0.25) is 0 Å². The zero-order chi connectivity index (χ0) is 26.0. The first-order valence-electron chi connectivity index (χ1n) is 12.0. The highest BCUT2D eigenvalue weighted by molar-refractivity contribution is 6.01. The summed E-state index contributed by atoms with van der Waals surface area (Å²) in [5.41, 5.74) is 3.72.